The largest absolute Gasteiger partial charge is 0.456 e. The van der Waals surface area contributed by atoms with Gasteiger partial charge in [0.25, 0.3) is 5.91 Å². The normalized spacial score (nSPS) is 13.3. The van der Waals surface area contributed by atoms with E-state index in [2.05, 4.69) is 16.4 Å². The van der Waals surface area contributed by atoms with E-state index >= 15 is 0 Å². The number of unbranched alkanes of at least 4 members (excludes halogenated alkanes) is 1. The van der Waals surface area contributed by atoms with E-state index in [1.54, 1.807) is 11.3 Å². The van der Waals surface area contributed by atoms with E-state index in [1.165, 1.54) is 16.6 Å². The number of fused-ring (bicyclic) bond motifs is 1. The van der Waals surface area contributed by atoms with Crippen LogP contribution in [0.5, 0.6) is 0 Å². The number of para-hydroxylation sites is 1. The van der Waals surface area contributed by atoms with E-state index in [0.717, 1.165) is 36.2 Å². The zero-order chi connectivity index (χ0) is 19.9. The quantitative estimate of drug-likeness (QED) is 0.486. The van der Waals surface area contributed by atoms with Crippen LogP contribution in [0.15, 0.2) is 24.3 Å². The lowest BCUT2D eigenvalue weighted by Crippen LogP contribution is -2.40. The molecule has 0 saturated heterocycles. The van der Waals surface area contributed by atoms with Crippen LogP contribution in [-0.2, 0) is 25.5 Å². The average molecular weight is 404 g/mol. The van der Waals surface area contributed by atoms with Gasteiger partial charge in [0, 0.05) is 19.5 Å². The maximum Gasteiger partial charge on any atom is 0.306 e. The molecule has 1 fully saturated rings. The summed E-state index contributed by atoms with van der Waals surface area (Å²) >= 11 is 1.68. The Morgan fingerprint density at radius 3 is 2.79 bits per heavy atom. The van der Waals surface area contributed by atoms with Crippen LogP contribution < -0.4 is 5.32 Å². The van der Waals surface area contributed by atoms with Crippen LogP contribution in [0.1, 0.15) is 37.1 Å². The van der Waals surface area contributed by atoms with Crippen molar-refractivity contribution in [2.45, 2.75) is 44.6 Å². The molecule has 2 amide bonds. The van der Waals surface area contributed by atoms with E-state index in [9.17, 15) is 14.4 Å². The van der Waals surface area contributed by atoms with Crippen molar-refractivity contribution in [1.82, 2.24) is 15.2 Å². The minimum Gasteiger partial charge on any atom is -0.456 e. The number of likely N-dealkylation sites (N-methyl/N-ethyl adjacent to an activating group) is 1. The van der Waals surface area contributed by atoms with E-state index < -0.39 is 5.97 Å². The summed E-state index contributed by atoms with van der Waals surface area (Å²) < 4.78 is 6.20. The number of esters is 1. The number of hydrogen-bond acceptors (Lipinski definition) is 6. The van der Waals surface area contributed by atoms with Gasteiger partial charge in [-0.3, -0.25) is 14.4 Å². The van der Waals surface area contributed by atoms with Crippen molar-refractivity contribution in [2.24, 2.45) is 0 Å². The highest BCUT2D eigenvalue weighted by Gasteiger charge is 2.24. The monoisotopic (exact) mass is 403 g/mol. The average Bonchev–Trinajstić information content (AvgIpc) is 3.38. The van der Waals surface area contributed by atoms with Gasteiger partial charge in [0.05, 0.1) is 21.8 Å². The van der Waals surface area contributed by atoms with Gasteiger partial charge in [0.2, 0.25) is 5.91 Å². The molecule has 0 spiro atoms. The van der Waals surface area contributed by atoms with E-state index in [-0.39, 0.29) is 37.4 Å². The highest BCUT2D eigenvalue weighted by Crippen LogP contribution is 2.23. The molecule has 150 valence electrons. The summed E-state index contributed by atoms with van der Waals surface area (Å²) in [6.45, 7) is -0.348. The molecule has 1 aromatic heterocycles. The summed E-state index contributed by atoms with van der Waals surface area (Å²) in [6.07, 6.45) is 4.61. The van der Waals surface area contributed by atoms with Crippen molar-refractivity contribution >= 4 is 39.3 Å². The third kappa shape index (κ3) is 6.30. The van der Waals surface area contributed by atoms with Crippen molar-refractivity contribution in [3.05, 3.63) is 29.3 Å². The van der Waals surface area contributed by atoms with Crippen molar-refractivity contribution in [2.75, 3.05) is 20.2 Å². The summed E-state index contributed by atoms with van der Waals surface area (Å²) in [5.41, 5.74) is 1.01. The number of amides is 2. The second kappa shape index (κ2) is 9.64. The molecule has 8 heteroatoms. The topological polar surface area (TPSA) is 88.6 Å². The van der Waals surface area contributed by atoms with E-state index in [4.69, 9.17) is 4.74 Å². The fraction of sp³-hybridized carbons (Fsp3) is 0.500. The van der Waals surface area contributed by atoms with Gasteiger partial charge < -0.3 is 15.0 Å². The summed E-state index contributed by atoms with van der Waals surface area (Å²) in [5.74, 6) is -0.957. The molecule has 2 aromatic rings. The van der Waals surface area contributed by atoms with Gasteiger partial charge in [0.1, 0.15) is 0 Å². The lowest BCUT2D eigenvalue weighted by molar-refractivity contribution is -0.152. The molecule has 7 nitrogen and oxygen atoms in total. The molecule has 0 radical (unpaired) electrons. The van der Waals surface area contributed by atoms with Crippen molar-refractivity contribution in [3.8, 4) is 0 Å². The number of nitrogens with zero attached hydrogens (tertiary/aromatic N) is 2. The maximum atomic E-state index is 11.9. The third-order valence-corrected chi connectivity index (χ3v) is 5.56. The van der Waals surface area contributed by atoms with E-state index in [1.807, 2.05) is 18.2 Å². The van der Waals surface area contributed by atoms with Crippen molar-refractivity contribution in [3.63, 3.8) is 0 Å². The molecule has 1 saturated carbocycles. The number of nitrogens with one attached hydrogen (secondary N) is 1. The molecule has 0 unspecified atom stereocenters. The van der Waals surface area contributed by atoms with Crippen LogP contribution in [0, 0.1) is 0 Å². The summed E-state index contributed by atoms with van der Waals surface area (Å²) in [6, 6.07) is 8.28. The first-order chi connectivity index (χ1) is 13.5. The van der Waals surface area contributed by atoms with Gasteiger partial charge in [-0.05, 0) is 44.2 Å². The number of carbonyl (C=O) groups excluding carboxylic acids is 3. The summed E-state index contributed by atoms with van der Waals surface area (Å²) in [7, 11) is 1.53. The minimum atomic E-state index is -0.395. The summed E-state index contributed by atoms with van der Waals surface area (Å²) in [4.78, 5) is 41.3. The van der Waals surface area contributed by atoms with Crippen LogP contribution >= 0.6 is 11.3 Å². The Balaban J connectivity index is 1.28. The lowest BCUT2D eigenvalue weighted by Gasteiger charge is -2.16. The van der Waals surface area contributed by atoms with Gasteiger partial charge in [0.15, 0.2) is 6.61 Å². The number of aryl methyl sites for hydroxylation is 1. The Kier molecular flexibility index (Phi) is 6.97. The first-order valence-corrected chi connectivity index (χ1v) is 10.4. The molecule has 0 aliphatic heterocycles. The standard InChI is InChI=1S/C20H25N3O4S/c1-23(12-17(24)21-14-10-11-14)19(25)13-27-20(26)9-5-4-8-18-22-15-6-2-3-7-16(15)28-18/h2-3,6-7,14H,4-5,8-13H2,1H3,(H,21,24). The molecular formula is C20H25N3O4S. The molecular weight excluding hydrogens is 378 g/mol. The minimum absolute atomic E-state index is 0.0188. The zero-order valence-corrected chi connectivity index (χ0v) is 16.8. The van der Waals surface area contributed by atoms with Crippen molar-refractivity contribution < 1.29 is 19.1 Å². The third-order valence-electron chi connectivity index (χ3n) is 4.47. The van der Waals surface area contributed by atoms with Crippen LogP contribution in [0.3, 0.4) is 0 Å². The Morgan fingerprint density at radius 2 is 2.04 bits per heavy atom. The molecule has 1 aliphatic rings. The maximum absolute atomic E-state index is 11.9. The molecule has 1 heterocycles. The van der Waals surface area contributed by atoms with Gasteiger partial charge in [-0.1, -0.05) is 12.1 Å². The molecule has 1 aromatic carbocycles. The SMILES string of the molecule is CN(CC(=O)NC1CC1)C(=O)COC(=O)CCCCc1nc2ccccc2s1. The molecule has 1 aliphatic carbocycles. The molecule has 1 N–H and O–H groups in total. The zero-order valence-electron chi connectivity index (χ0n) is 16.0. The molecule has 3 rings (SSSR count). The highest BCUT2D eigenvalue weighted by atomic mass is 32.1. The van der Waals surface area contributed by atoms with Crippen molar-refractivity contribution in [1.29, 1.82) is 0 Å². The number of rotatable bonds is 10. The Bertz CT molecular complexity index is 814. The number of aromatic nitrogens is 1. The lowest BCUT2D eigenvalue weighted by atomic mass is 10.2. The Labute approximate surface area is 168 Å². The highest BCUT2D eigenvalue weighted by molar-refractivity contribution is 7.18. The number of thiazole rings is 1. The second-order valence-electron chi connectivity index (χ2n) is 7.03. The number of carbonyl (C=O) groups is 3. The first kappa shape index (κ1) is 20.3. The second-order valence-corrected chi connectivity index (χ2v) is 8.15. The predicted octanol–water partition coefficient (Wildman–Crippen LogP) is 2.29. The number of hydrogen-bond donors (Lipinski definition) is 1. The Hall–Kier alpha value is -2.48. The fourth-order valence-electron chi connectivity index (χ4n) is 2.70. The Morgan fingerprint density at radius 1 is 1.25 bits per heavy atom. The van der Waals surface area contributed by atoms with E-state index in [0.29, 0.717) is 6.42 Å². The fourth-order valence-corrected chi connectivity index (χ4v) is 3.71. The van der Waals surface area contributed by atoms with Crippen LogP contribution in [0.4, 0.5) is 0 Å². The van der Waals surface area contributed by atoms with Gasteiger partial charge >= 0.3 is 5.97 Å². The molecule has 0 bridgehead atoms. The smallest absolute Gasteiger partial charge is 0.306 e. The van der Waals surface area contributed by atoms with Gasteiger partial charge in [-0.15, -0.1) is 11.3 Å². The van der Waals surface area contributed by atoms with Crippen LogP contribution in [-0.4, -0.2) is 53.9 Å². The van der Waals surface area contributed by atoms with Crippen LogP contribution in [0.2, 0.25) is 0 Å². The number of ether oxygens (including phenoxy) is 1. The first-order valence-electron chi connectivity index (χ1n) is 9.54. The molecule has 0 atom stereocenters. The van der Waals surface area contributed by atoms with Gasteiger partial charge in [-0.2, -0.15) is 0 Å². The number of benzene rings is 1. The van der Waals surface area contributed by atoms with Gasteiger partial charge in [-0.25, -0.2) is 4.98 Å². The summed E-state index contributed by atoms with van der Waals surface area (Å²) in [5, 5.41) is 3.88. The van der Waals surface area contributed by atoms with Crippen LogP contribution in [0.25, 0.3) is 10.2 Å². The molecule has 28 heavy (non-hydrogen) atoms. The predicted molar refractivity (Wildman–Crippen MR) is 107 cm³/mol.